The number of aliphatic hydroxyl groups excluding tert-OH is 1. The molecule has 21 nitrogen and oxygen atoms in total. The van der Waals surface area contributed by atoms with Crippen LogP contribution in [0.4, 0.5) is 0 Å². The van der Waals surface area contributed by atoms with Gasteiger partial charge in [-0.1, -0.05) is 20.3 Å². The van der Waals surface area contributed by atoms with Crippen molar-refractivity contribution in [3.8, 4) is 0 Å². The molecule has 1 aromatic rings. The maximum atomic E-state index is 13.6. The molecule has 0 aliphatic heterocycles. The average molecular weight is 725 g/mol. The van der Waals surface area contributed by atoms with Crippen molar-refractivity contribution < 1.29 is 43.8 Å². The Hall–Kier alpha value is -5.31. The summed E-state index contributed by atoms with van der Waals surface area (Å²) in [5.74, 6) is -6.94. The van der Waals surface area contributed by atoms with E-state index in [1.807, 2.05) is 0 Å². The minimum absolute atomic E-state index is 0.0206. The van der Waals surface area contributed by atoms with Gasteiger partial charge in [-0.2, -0.15) is 0 Å². The summed E-state index contributed by atoms with van der Waals surface area (Å²) in [4.78, 5) is 95.6. The number of nitrogens with zero attached hydrogens (tertiary/aromatic N) is 1. The number of primary amides is 1. The van der Waals surface area contributed by atoms with Crippen LogP contribution in [-0.4, -0.2) is 116 Å². The summed E-state index contributed by atoms with van der Waals surface area (Å²) >= 11 is 0. The number of carbonyl (C=O) groups excluding carboxylic acids is 6. The van der Waals surface area contributed by atoms with E-state index in [4.69, 9.17) is 22.6 Å². The maximum absolute atomic E-state index is 13.6. The highest BCUT2D eigenvalue weighted by Gasteiger charge is 2.34. The van der Waals surface area contributed by atoms with Gasteiger partial charge in [0.05, 0.1) is 24.2 Å². The molecule has 51 heavy (non-hydrogen) atoms. The molecule has 286 valence electrons. The number of aromatic amines is 1. The van der Waals surface area contributed by atoms with Crippen molar-refractivity contribution >= 4 is 47.4 Å². The topological polar surface area (TPSA) is 363 Å². The summed E-state index contributed by atoms with van der Waals surface area (Å²) in [6, 6.07) is -7.85. The van der Waals surface area contributed by atoms with Crippen LogP contribution in [0, 0.1) is 11.3 Å². The van der Waals surface area contributed by atoms with E-state index in [-0.39, 0.29) is 44.6 Å². The van der Waals surface area contributed by atoms with Crippen LogP contribution in [0.5, 0.6) is 0 Å². The Bertz CT molecular complexity index is 1360. The molecule has 0 aromatic carbocycles. The zero-order valence-corrected chi connectivity index (χ0v) is 29.2. The summed E-state index contributed by atoms with van der Waals surface area (Å²) in [6.07, 6.45) is 1.70. The molecule has 6 amide bonds. The molecule has 0 bridgehead atoms. The predicted octanol–water partition coefficient (Wildman–Crippen LogP) is -4.24. The number of aliphatic carboxylic acids is 1. The van der Waals surface area contributed by atoms with E-state index in [0.717, 1.165) is 0 Å². The number of aromatic nitrogens is 2. The lowest BCUT2D eigenvalue weighted by molar-refractivity contribution is -0.145. The molecule has 0 saturated carbocycles. The number of imidazole rings is 1. The van der Waals surface area contributed by atoms with E-state index in [2.05, 4.69) is 41.9 Å². The number of carbonyl (C=O) groups is 7. The van der Waals surface area contributed by atoms with Crippen molar-refractivity contribution in [2.75, 3.05) is 6.54 Å². The highest BCUT2D eigenvalue weighted by Crippen LogP contribution is 2.10. The molecule has 8 atom stereocenters. The molecule has 0 unspecified atom stereocenters. The second-order valence-electron chi connectivity index (χ2n) is 12.1. The van der Waals surface area contributed by atoms with Crippen molar-refractivity contribution in [3.63, 3.8) is 0 Å². The first kappa shape index (κ1) is 43.7. The normalized spacial score (nSPS) is 15.6. The zero-order chi connectivity index (χ0) is 38.8. The number of guanidine groups is 1. The fourth-order valence-corrected chi connectivity index (χ4v) is 4.59. The minimum atomic E-state index is -1.63. The van der Waals surface area contributed by atoms with E-state index in [9.17, 15) is 43.8 Å². The Kier molecular flexibility index (Phi) is 18.6. The van der Waals surface area contributed by atoms with Crippen molar-refractivity contribution in [3.05, 3.63) is 18.2 Å². The Morgan fingerprint density at radius 2 is 1.47 bits per heavy atom. The highest BCUT2D eigenvalue weighted by molar-refractivity contribution is 5.96. The van der Waals surface area contributed by atoms with Crippen LogP contribution < -0.4 is 49.1 Å². The van der Waals surface area contributed by atoms with Gasteiger partial charge in [0.25, 0.3) is 0 Å². The molecule has 0 aliphatic rings. The lowest BCUT2D eigenvalue weighted by Crippen LogP contribution is -2.60. The first-order valence-electron chi connectivity index (χ1n) is 16.4. The number of rotatable bonds is 23. The summed E-state index contributed by atoms with van der Waals surface area (Å²) in [5.41, 5.74) is 16.7. The Morgan fingerprint density at radius 1 is 0.863 bits per heavy atom. The van der Waals surface area contributed by atoms with Crippen LogP contribution in [0.2, 0.25) is 0 Å². The minimum Gasteiger partial charge on any atom is -0.480 e. The number of H-pyrrole nitrogens is 1. The third kappa shape index (κ3) is 15.8. The van der Waals surface area contributed by atoms with Gasteiger partial charge in [-0.15, -0.1) is 0 Å². The zero-order valence-electron chi connectivity index (χ0n) is 29.2. The number of hydrogen-bond acceptors (Lipinski definition) is 11. The molecule has 1 aromatic heterocycles. The van der Waals surface area contributed by atoms with Gasteiger partial charge < -0.3 is 64.3 Å². The van der Waals surface area contributed by atoms with Crippen LogP contribution >= 0.6 is 0 Å². The van der Waals surface area contributed by atoms with Gasteiger partial charge in [0.1, 0.15) is 24.2 Å². The molecule has 0 fully saturated rings. The van der Waals surface area contributed by atoms with Crippen LogP contribution in [0.3, 0.4) is 0 Å². The summed E-state index contributed by atoms with van der Waals surface area (Å²) in [6.45, 7) is 6.10. The first-order valence-corrected chi connectivity index (χ1v) is 16.4. The van der Waals surface area contributed by atoms with Gasteiger partial charge in [0.15, 0.2) is 12.0 Å². The third-order valence-electron chi connectivity index (χ3n) is 7.85. The Balaban J connectivity index is 3.18. The van der Waals surface area contributed by atoms with Gasteiger partial charge in [-0.3, -0.25) is 34.2 Å². The SMILES string of the molecule is CC[C@H](C)[C@H](NC(=O)[C@H](C)NC(=O)[C@H](Cc1c[nH]cn1)NC(=O)[C@H](CCCNC(=N)N)NC(=O)[C@@H](N)CCC(N)=O)C(=O)N[C@H](C(=O)O)[C@@H](C)O. The van der Waals surface area contributed by atoms with E-state index in [0.29, 0.717) is 12.1 Å². The molecule has 0 spiro atoms. The van der Waals surface area contributed by atoms with Crippen LogP contribution in [-0.2, 0) is 40.0 Å². The van der Waals surface area contributed by atoms with Gasteiger partial charge >= 0.3 is 5.97 Å². The second-order valence-corrected chi connectivity index (χ2v) is 12.1. The quantitative estimate of drug-likeness (QED) is 0.0289. The predicted molar refractivity (Wildman–Crippen MR) is 182 cm³/mol. The van der Waals surface area contributed by atoms with Crippen molar-refractivity contribution in [2.45, 2.75) is 109 Å². The largest absolute Gasteiger partial charge is 0.480 e. The molecule has 1 heterocycles. The maximum Gasteiger partial charge on any atom is 0.328 e. The molecule has 0 aliphatic carbocycles. The number of carboxylic acids is 1. The molecule has 21 heteroatoms. The fraction of sp³-hybridized carbons (Fsp3) is 0.633. The molecule has 1 rings (SSSR count). The van der Waals surface area contributed by atoms with Crippen molar-refractivity contribution in [1.82, 2.24) is 41.9 Å². The lowest BCUT2D eigenvalue weighted by Gasteiger charge is -2.28. The number of nitrogens with two attached hydrogens (primary N) is 3. The van der Waals surface area contributed by atoms with Crippen LogP contribution in [0.15, 0.2) is 12.5 Å². The Morgan fingerprint density at radius 3 is 2.00 bits per heavy atom. The monoisotopic (exact) mass is 724 g/mol. The number of carboxylic acid groups (broad SMARTS) is 1. The van der Waals surface area contributed by atoms with Gasteiger partial charge in [0.2, 0.25) is 35.4 Å². The smallest absolute Gasteiger partial charge is 0.328 e. The molecule has 16 N–H and O–H groups in total. The van der Waals surface area contributed by atoms with E-state index < -0.39 is 89.7 Å². The van der Waals surface area contributed by atoms with E-state index >= 15 is 0 Å². The molecular weight excluding hydrogens is 672 g/mol. The number of aliphatic hydroxyl groups is 1. The molecular formula is C30H52N12O9. The second kappa shape index (κ2) is 21.7. The fourth-order valence-electron chi connectivity index (χ4n) is 4.59. The van der Waals surface area contributed by atoms with Gasteiger partial charge in [0, 0.05) is 25.6 Å². The molecule has 0 saturated heterocycles. The van der Waals surface area contributed by atoms with Crippen molar-refractivity contribution in [1.29, 1.82) is 5.41 Å². The van der Waals surface area contributed by atoms with Crippen LogP contribution in [0.25, 0.3) is 0 Å². The first-order chi connectivity index (χ1) is 23.9. The van der Waals surface area contributed by atoms with Crippen molar-refractivity contribution in [2.24, 2.45) is 23.1 Å². The lowest BCUT2D eigenvalue weighted by atomic mass is 9.97. The number of amides is 6. The summed E-state index contributed by atoms with van der Waals surface area (Å²) in [7, 11) is 0. The average Bonchev–Trinajstić information content (AvgIpc) is 3.57. The van der Waals surface area contributed by atoms with E-state index in [1.54, 1.807) is 13.8 Å². The molecule has 0 radical (unpaired) electrons. The number of nitrogens with one attached hydrogen (secondary N) is 8. The van der Waals surface area contributed by atoms with E-state index in [1.165, 1.54) is 26.4 Å². The standard InChI is InChI=1S/C30H52N12O9/c1-5-14(2)22(28(49)42-23(16(4)43)29(50)51)41-24(45)15(3)38-27(48)20(11-17-12-35-13-37-17)40-26(47)19(7-6-10-36-30(33)34)39-25(46)18(31)8-9-21(32)44/h12-16,18-20,22-23,43H,5-11,31H2,1-4H3,(H2,32,44)(H,35,37)(H,38,48)(H,39,46)(H,40,47)(H,41,45)(H,42,49)(H,50,51)(H4,33,34,36)/t14-,15-,16+,18-,19-,20-,22-,23-/m0/s1. The van der Waals surface area contributed by atoms with Gasteiger partial charge in [-0.05, 0) is 39.0 Å². The summed E-state index contributed by atoms with van der Waals surface area (Å²) in [5, 5.41) is 41.4. The third-order valence-corrected chi connectivity index (χ3v) is 7.85. The van der Waals surface area contributed by atoms with Gasteiger partial charge in [-0.25, -0.2) is 9.78 Å². The summed E-state index contributed by atoms with van der Waals surface area (Å²) < 4.78 is 0. The van der Waals surface area contributed by atoms with Crippen LogP contribution in [0.1, 0.15) is 65.5 Å². The Labute approximate surface area is 294 Å². The highest BCUT2D eigenvalue weighted by atomic mass is 16.4. The number of hydrogen-bond donors (Lipinski definition) is 13.